The third kappa shape index (κ3) is 4.94. The predicted octanol–water partition coefficient (Wildman–Crippen LogP) is 4.17. The van der Waals surface area contributed by atoms with Gasteiger partial charge in [-0.3, -0.25) is 14.6 Å². The highest BCUT2D eigenvalue weighted by atomic mass is 32.1. The molecule has 0 saturated carbocycles. The molecule has 1 aromatic heterocycles. The number of hydrogen-bond acceptors (Lipinski definition) is 5. The van der Waals surface area contributed by atoms with Crippen molar-refractivity contribution in [2.75, 3.05) is 44.7 Å². The van der Waals surface area contributed by atoms with E-state index in [1.54, 1.807) is 0 Å². The number of amides is 1. The minimum atomic E-state index is 0.0329. The van der Waals surface area contributed by atoms with Gasteiger partial charge in [0.1, 0.15) is 0 Å². The van der Waals surface area contributed by atoms with Gasteiger partial charge in [-0.05, 0) is 46.7 Å². The summed E-state index contributed by atoms with van der Waals surface area (Å²) in [6.45, 7) is 5.75. The van der Waals surface area contributed by atoms with Crippen LogP contribution in [0.3, 0.4) is 0 Å². The summed E-state index contributed by atoms with van der Waals surface area (Å²) in [5, 5.41) is 5.27. The van der Waals surface area contributed by atoms with Crippen LogP contribution in [-0.4, -0.2) is 55.1 Å². The molecule has 0 unspecified atom stereocenters. The van der Waals surface area contributed by atoms with Crippen LogP contribution in [-0.2, 0) is 22.5 Å². The zero-order chi connectivity index (χ0) is 21.8. The van der Waals surface area contributed by atoms with Crippen molar-refractivity contribution in [2.45, 2.75) is 19.0 Å². The number of morpholine rings is 1. The number of thiophene rings is 1. The maximum atomic E-state index is 12.9. The number of benzene rings is 2. The lowest BCUT2D eigenvalue weighted by Gasteiger charge is -2.35. The van der Waals surface area contributed by atoms with Gasteiger partial charge < -0.3 is 10.1 Å². The highest BCUT2D eigenvalue weighted by molar-refractivity contribution is 7.10. The molecule has 0 radical (unpaired) electrons. The molecule has 3 aromatic rings. The minimum absolute atomic E-state index is 0.0329. The molecule has 1 atom stereocenters. The molecule has 5 nitrogen and oxygen atoms in total. The van der Waals surface area contributed by atoms with Crippen molar-refractivity contribution in [1.29, 1.82) is 0 Å². The number of ether oxygens (including phenoxy) is 1. The van der Waals surface area contributed by atoms with Crippen molar-refractivity contribution in [3.05, 3.63) is 87.6 Å². The number of carbonyl (C=O) groups excluding carboxylic acids is 1. The number of rotatable bonds is 6. The Balaban J connectivity index is 1.23. The lowest BCUT2D eigenvalue weighted by atomic mass is 9.93. The lowest BCUT2D eigenvalue weighted by molar-refractivity contribution is -0.117. The third-order valence-electron chi connectivity index (χ3n) is 6.28. The summed E-state index contributed by atoms with van der Waals surface area (Å²) in [6.07, 6.45) is 1.000. The van der Waals surface area contributed by atoms with E-state index in [9.17, 15) is 4.79 Å². The summed E-state index contributed by atoms with van der Waals surface area (Å²) >= 11 is 1.82. The molecule has 166 valence electrons. The second-order valence-electron chi connectivity index (χ2n) is 8.47. The molecule has 1 fully saturated rings. The summed E-state index contributed by atoms with van der Waals surface area (Å²) in [7, 11) is 0. The molecule has 6 heteroatoms. The molecular weight excluding hydrogens is 418 g/mol. The average molecular weight is 448 g/mol. The smallest absolute Gasteiger partial charge is 0.238 e. The van der Waals surface area contributed by atoms with E-state index in [2.05, 4.69) is 63.0 Å². The Morgan fingerprint density at radius 3 is 2.56 bits per heavy atom. The van der Waals surface area contributed by atoms with Gasteiger partial charge in [0.05, 0.1) is 25.8 Å². The normalized spacial score (nSPS) is 19.4. The van der Waals surface area contributed by atoms with Gasteiger partial charge in [-0.1, -0.05) is 42.5 Å². The van der Waals surface area contributed by atoms with Gasteiger partial charge in [-0.2, -0.15) is 0 Å². The zero-order valence-corrected chi connectivity index (χ0v) is 19.0. The zero-order valence-electron chi connectivity index (χ0n) is 18.2. The number of nitrogens with zero attached hydrogens (tertiary/aromatic N) is 2. The molecule has 0 bridgehead atoms. The molecular formula is C26H29N3O2S. The summed E-state index contributed by atoms with van der Waals surface area (Å²) in [5.41, 5.74) is 4.69. The molecule has 0 aliphatic carbocycles. The standard InChI is InChI=1S/C26H29N3O2S/c30-25(27-22-8-6-20(7-9-22)18-28-13-15-31-16-14-28)19-29-12-10-24-23(11-17-32-24)26(29)21-4-2-1-3-5-21/h1-9,11,17,26H,10,12-16,18-19H2,(H,27,30)/t26-/m0/s1. The molecule has 1 N–H and O–H groups in total. The highest BCUT2D eigenvalue weighted by Gasteiger charge is 2.30. The van der Waals surface area contributed by atoms with E-state index in [1.165, 1.54) is 21.6 Å². The number of fused-ring (bicyclic) bond motifs is 1. The van der Waals surface area contributed by atoms with Crippen LogP contribution in [0.2, 0.25) is 0 Å². The van der Waals surface area contributed by atoms with Crippen molar-refractivity contribution in [3.8, 4) is 0 Å². The number of carbonyl (C=O) groups is 1. The Morgan fingerprint density at radius 2 is 1.78 bits per heavy atom. The van der Waals surface area contributed by atoms with Crippen LogP contribution in [0.25, 0.3) is 0 Å². The van der Waals surface area contributed by atoms with Gasteiger partial charge in [0.25, 0.3) is 0 Å². The van der Waals surface area contributed by atoms with Crippen molar-refractivity contribution in [1.82, 2.24) is 9.80 Å². The molecule has 2 aliphatic heterocycles. The van der Waals surface area contributed by atoms with Gasteiger partial charge in [-0.15, -0.1) is 11.3 Å². The number of anilines is 1. The first-order valence-corrected chi connectivity index (χ1v) is 12.2. The van der Waals surface area contributed by atoms with Crippen LogP contribution >= 0.6 is 11.3 Å². The van der Waals surface area contributed by atoms with Gasteiger partial charge in [0.15, 0.2) is 0 Å². The maximum Gasteiger partial charge on any atom is 0.238 e. The second-order valence-corrected chi connectivity index (χ2v) is 9.47. The van der Waals surface area contributed by atoms with Gasteiger partial charge in [-0.25, -0.2) is 0 Å². The summed E-state index contributed by atoms with van der Waals surface area (Å²) in [6, 6.07) is 21.1. The van der Waals surface area contributed by atoms with Crippen LogP contribution in [0.4, 0.5) is 5.69 Å². The van der Waals surface area contributed by atoms with Crippen molar-refractivity contribution in [2.24, 2.45) is 0 Å². The summed E-state index contributed by atoms with van der Waals surface area (Å²) < 4.78 is 5.42. The van der Waals surface area contributed by atoms with E-state index in [4.69, 9.17) is 4.74 Å². The molecule has 0 spiro atoms. The van der Waals surface area contributed by atoms with E-state index in [0.29, 0.717) is 6.54 Å². The Hall–Kier alpha value is -2.51. The fourth-order valence-corrected chi connectivity index (χ4v) is 5.56. The molecule has 1 saturated heterocycles. The molecule has 1 amide bonds. The van der Waals surface area contributed by atoms with Gasteiger partial charge >= 0.3 is 0 Å². The SMILES string of the molecule is O=C(CN1CCc2sccc2[C@@H]1c1ccccc1)Nc1ccc(CN2CCOCC2)cc1. The molecule has 2 aromatic carbocycles. The lowest BCUT2D eigenvalue weighted by Crippen LogP contribution is -2.40. The van der Waals surface area contributed by atoms with Gasteiger partial charge in [0.2, 0.25) is 5.91 Å². The first-order chi connectivity index (χ1) is 15.8. The predicted molar refractivity (Wildman–Crippen MR) is 129 cm³/mol. The Labute approximate surface area is 193 Å². The van der Waals surface area contributed by atoms with Crippen molar-refractivity contribution >= 4 is 22.9 Å². The summed E-state index contributed by atoms with van der Waals surface area (Å²) in [5.74, 6) is 0.0329. The van der Waals surface area contributed by atoms with E-state index in [1.807, 2.05) is 29.5 Å². The van der Waals surface area contributed by atoms with Crippen LogP contribution in [0.15, 0.2) is 66.0 Å². The first-order valence-electron chi connectivity index (χ1n) is 11.3. The second kappa shape index (κ2) is 9.96. The minimum Gasteiger partial charge on any atom is -0.379 e. The number of hydrogen-bond donors (Lipinski definition) is 1. The highest BCUT2D eigenvalue weighted by Crippen LogP contribution is 2.37. The summed E-state index contributed by atoms with van der Waals surface area (Å²) in [4.78, 5) is 19.1. The van der Waals surface area contributed by atoms with Crippen LogP contribution in [0.1, 0.15) is 27.6 Å². The first kappa shape index (κ1) is 21.3. The monoisotopic (exact) mass is 447 g/mol. The molecule has 5 rings (SSSR count). The van der Waals surface area contributed by atoms with E-state index in [0.717, 1.165) is 51.5 Å². The Bertz CT molecular complexity index is 1030. The molecule has 3 heterocycles. The largest absolute Gasteiger partial charge is 0.379 e. The van der Waals surface area contributed by atoms with Gasteiger partial charge in [0, 0.05) is 36.7 Å². The topological polar surface area (TPSA) is 44.8 Å². The fourth-order valence-electron chi connectivity index (χ4n) is 4.66. The quantitative estimate of drug-likeness (QED) is 0.616. The Kier molecular flexibility index (Phi) is 6.64. The van der Waals surface area contributed by atoms with Crippen LogP contribution in [0.5, 0.6) is 0 Å². The van der Waals surface area contributed by atoms with E-state index < -0.39 is 0 Å². The van der Waals surface area contributed by atoms with E-state index in [-0.39, 0.29) is 11.9 Å². The Morgan fingerprint density at radius 1 is 1.00 bits per heavy atom. The number of nitrogens with one attached hydrogen (secondary N) is 1. The maximum absolute atomic E-state index is 12.9. The van der Waals surface area contributed by atoms with E-state index >= 15 is 0 Å². The average Bonchev–Trinajstić information content (AvgIpc) is 3.30. The third-order valence-corrected chi connectivity index (χ3v) is 7.27. The fraction of sp³-hybridized carbons (Fsp3) is 0.346. The van der Waals surface area contributed by atoms with Crippen molar-refractivity contribution < 1.29 is 9.53 Å². The van der Waals surface area contributed by atoms with Crippen molar-refractivity contribution in [3.63, 3.8) is 0 Å². The molecule has 2 aliphatic rings. The van der Waals surface area contributed by atoms with Crippen LogP contribution < -0.4 is 5.32 Å². The van der Waals surface area contributed by atoms with Crippen LogP contribution in [0, 0.1) is 0 Å². The molecule has 32 heavy (non-hydrogen) atoms.